The zero-order valence-corrected chi connectivity index (χ0v) is 22.2. The number of hydrogen-bond acceptors (Lipinski definition) is 9. The van der Waals surface area contributed by atoms with E-state index in [0.717, 1.165) is 10.4 Å². The predicted molar refractivity (Wildman–Crippen MR) is 142 cm³/mol. The third kappa shape index (κ3) is 5.67. The van der Waals surface area contributed by atoms with Crippen LogP contribution in [0.25, 0.3) is 11.5 Å². The summed E-state index contributed by atoms with van der Waals surface area (Å²) in [5.74, 6) is 1.96. The van der Waals surface area contributed by atoms with E-state index in [2.05, 4.69) is 20.5 Å². The molecule has 0 spiro atoms. The van der Waals surface area contributed by atoms with Crippen molar-refractivity contribution in [2.45, 2.75) is 39.2 Å². The summed E-state index contributed by atoms with van der Waals surface area (Å²) in [7, 11) is 1.74. The topological polar surface area (TPSA) is 120 Å². The van der Waals surface area contributed by atoms with Crippen LogP contribution in [0.4, 0.5) is 5.13 Å². The van der Waals surface area contributed by atoms with Gasteiger partial charge in [0.15, 0.2) is 11.2 Å². The first kappa shape index (κ1) is 25.4. The summed E-state index contributed by atoms with van der Waals surface area (Å²) in [5.41, 5.74) is 1.07. The first-order chi connectivity index (χ1) is 18.2. The molecule has 3 heterocycles. The van der Waals surface area contributed by atoms with Gasteiger partial charge >= 0.3 is 0 Å². The van der Waals surface area contributed by atoms with Crippen molar-refractivity contribution >= 4 is 28.3 Å². The van der Waals surface area contributed by atoms with Crippen molar-refractivity contribution in [1.29, 1.82) is 0 Å². The molecule has 1 fully saturated rings. The van der Waals surface area contributed by atoms with Crippen LogP contribution in [0.2, 0.25) is 0 Å². The quantitative estimate of drug-likeness (QED) is 0.325. The van der Waals surface area contributed by atoms with Gasteiger partial charge in [-0.3, -0.25) is 14.9 Å². The number of benzene rings is 2. The Morgan fingerprint density at radius 3 is 2.53 bits per heavy atom. The lowest BCUT2D eigenvalue weighted by atomic mass is 10.1. The molecule has 0 saturated carbocycles. The van der Waals surface area contributed by atoms with E-state index in [4.69, 9.17) is 13.9 Å². The summed E-state index contributed by atoms with van der Waals surface area (Å²) < 4.78 is 17.8. The van der Waals surface area contributed by atoms with E-state index in [1.54, 1.807) is 48.5 Å². The molecule has 1 atom stereocenters. The van der Waals surface area contributed by atoms with E-state index >= 15 is 0 Å². The highest BCUT2D eigenvalue weighted by atomic mass is 32.1. The van der Waals surface area contributed by atoms with Crippen LogP contribution < -0.4 is 14.8 Å². The number of aryl methyl sites for hydroxylation is 1. The number of carbonyl (C=O) groups excluding carboxylic acids is 2. The molecule has 1 N–H and O–H groups in total. The van der Waals surface area contributed by atoms with Gasteiger partial charge in [-0.2, -0.15) is 0 Å². The van der Waals surface area contributed by atoms with Gasteiger partial charge in [-0.15, -0.1) is 21.5 Å². The Bertz CT molecular complexity index is 1460. The van der Waals surface area contributed by atoms with Gasteiger partial charge in [0, 0.05) is 54.2 Å². The molecule has 0 bridgehead atoms. The van der Waals surface area contributed by atoms with Crippen molar-refractivity contribution in [1.82, 2.24) is 20.1 Å². The van der Waals surface area contributed by atoms with E-state index in [1.807, 2.05) is 32.9 Å². The molecular formula is C27H27N5O5S. The normalized spacial score (nSPS) is 15.2. The number of nitrogens with zero attached hydrogens (tertiary/aromatic N) is 4. The molecule has 4 aromatic rings. The third-order valence-electron chi connectivity index (χ3n) is 5.91. The fourth-order valence-corrected chi connectivity index (χ4v) is 4.52. The molecule has 0 unspecified atom stereocenters. The molecule has 2 amide bonds. The van der Waals surface area contributed by atoms with Crippen molar-refractivity contribution in [2.75, 3.05) is 18.9 Å². The van der Waals surface area contributed by atoms with E-state index in [0.29, 0.717) is 52.7 Å². The maximum absolute atomic E-state index is 13.0. The Morgan fingerprint density at radius 1 is 1.13 bits per heavy atom. The average molecular weight is 534 g/mol. The second-order valence-electron chi connectivity index (χ2n) is 9.30. The molecule has 1 saturated heterocycles. The number of carbonyl (C=O) groups is 2. The maximum atomic E-state index is 13.0. The van der Waals surface area contributed by atoms with E-state index < -0.39 is 6.10 Å². The number of aromatic nitrogens is 3. The van der Waals surface area contributed by atoms with Gasteiger partial charge in [-0.1, -0.05) is 13.8 Å². The van der Waals surface area contributed by atoms with Crippen LogP contribution in [0.15, 0.2) is 53.1 Å². The van der Waals surface area contributed by atoms with Crippen molar-refractivity contribution in [2.24, 2.45) is 0 Å². The molecule has 2 aromatic heterocycles. The van der Waals surface area contributed by atoms with Gasteiger partial charge < -0.3 is 18.8 Å². The maximum Gasteiger partial charge on any atom is 0.263 e. The summed E-state index contributed by atoms with van der Waals surface area (Å²) in [4.78, 5) is 32.2. The summed E-state index contributed by atoms with van der Waals surface area (Å²) in [6.07, 6.45) is 1.64. The van der Waals surface area contributed by atoms with Gasteiger partial charge in [-0.25, -0.2) is 4.98 Å². The Balaban J connectivity index is 1.38. The minimum Gasteiger partial charge on any atom is -0.480 e. The van der Waals surface area contributed by atoms with Crippen LogP contribution >= 0.6 is 11.3 Å². The zero-order chi connectivity index (χ0) is 26.8. The van der Waals surface area contributed by atoms with Crippen LogP contribution in [-0.4, -0.2) is 51.6 Å². The van der Waals surface area contributed by atoms with Gasteiger partial charge in [0.05, 0.1) is 0 Å². The smallest absolute Gasteiger partial charge is 0.263 e. The molecule has 10 nitrogen and oxygen atoms in total. The molecule has 2 aromatic carbocycles. The molecule has 5 rings (SSSR count). The standard InChI is InChI=1S/C27H27N5O5S/c1-15(2)24-30-31-25(37-24)17-5-7-19(8-6-17)35-20-11-18(23(33)29-27-28-14-16(3)38-27)12-21(13-20)36-22-9-10-32(4)26(22)34/h5-8,11-15,22H,9-10H2,1-4H3,(H,28,29,33)/t22-/m0/s1. The molecule has 0 radical (unpaired) electrons. The number of amides is 2. The number of anilines is 1. The number of likely N-dealkylation sites (N-methyl/N-ethyl adjacent to an activating group) is 1. The van der Waals surface area contributed by atoms with Crippen LogP contribution in [-0.2, 0) is 4.79 Å². The molecule has 0 aliphatic carbocycles. The summed E-state index contributed by atoms with van der Waals surface area (Å²) >= 11 is 1.38. The molecule has 1 aliphatic heterocycles. The fraction of sp³-hybridized carbons (Fsp3) is 0.296. The summed E-state index contributed by atoms with van der Waals surface area (Å²) in [5, 5.41) is 11.5. The van der Waals surface area contributed by atoms with Crippen molar-refractivity contribution in [3.63, 3.8) is 0 Å². The minimum atomic E-state index is -0.614. The largest absolute Gasteiger partial charge is 0.480 e. The second-order valence-corrected chi connectivity index (χ2v) is 10.5. The molecular weight excluding hydrogens is 506 g/mol. The van der Waals surface area contributed by atoms with E-state index in [9.17, 15) is 9.59 Å². The van der Waals surface area contributed by atoms with Crippen LogP contribution in [0.1, 0.15) is 47.3 Å². The van der Waals surface area contributed by atoms with Gasteiger partial charge in [-0.05, 0) is 43.3 Å². The van der Waals surface area contributed by atoms with Crippen molar-refractivity contribution in [3.8, 4) is 28.7 Å². The van der Waals surface area contributed by atoms with E-state index in [1.165, 1.54) is 11.3 Å². The highest BCUT2D eigenvalue weighted by Crippen LogP contribution is 2.31. The van der Waals surface area contributed by atoms with Crippen LogP contribution in [0, 0.1) is 6.92 Å². The fourth-order valence-electron chi connectivity index (χ4n) is 3.86. The van der Waals surface area contributed by atoms with Crippen LogP contribution in [0.5, 0.6) is 17.2 Å². The molecule has 1 aliphatic rings. The first-order valence-electron chi connectivity index (χ1n) is 12.2. The van der Waals surface area contributed by atoms with Gasteiger partial charge in [0.2, 0.25) is 11.8 Å². The lowest BCUT2D eigenvalue weighted by Crippen LogP contribution is -2.29. The number of ether oxygens (including phenoxy) is 2. The van der Waals surface area contributed by atoms with Gasteiger partial charge in [0.25, 0.3) is 11.8 Å². The molecule has 196 valence electrons. The van der Waals surface area contributed by atoms with Crippen LogP contribution in [0.3, 0.4) is 0 Å². The zero-order valence-electron chi connectivity index (χ0n) is 21.4. The Labute approximate surface area is 223 Å². The number of likely N-dealkylation sites (tertiary alicyclic amines) is 1. The number of hydrogen-bond donors (Lipinski definition) is 1. The molecule has 11 heteroatoms. The summed E-state index contributed by atoms with van der Waals surface area (Å²) in [6, 6.07) is 12.1. The van der Waals surface area contributed by atoms with Gasteiger partial charge in [0.1, 0.15) is 17.2 Å². The predicted octanol–water partition coefficient (Wildman–Crippen LogP) is 5.28. The SMILES string of the molecule is Cc1cnc(NC(=O)c2cc(Oc3ccc(-c4nnc(C(C)C)o4)cc3)cc(O[C@H]3CCN(C)C3=O)c2)s1. The number of thiazole rings is 1. The number of nitrogens with one attached hydrogen (secondary N) is 1. The second kappa shape index (κ2) is 10.6. The monoisotopic (exact) mass is 533 g/mol. The Kier molecular flexibility index (Phi) is 7.10. The summed E-state index contributed by atoms with van der Waals surface area (Å²) in [6.45, 7) is 6.50. The highest BCUT2D eigenvalue weighted by molar-refractivity contribution is 7.15. The lowest BCUT2D eigenvalue weighted by Gasteiger charge is -2.15. The number of rotatable bonds is 8. The average Bonchev–Trinajstić information content (AvgIpc) is 3.62. The third-order valence-corrected chi connectivity index (χ3v) is 6.74. The highest BCUT2D eigenvalue weighted by Gasteiger charge is 2.31. The molecule has 38 heavy (non-hydrogen) atoms. The Morgan fingerprint density at radius 2 is 1.89 bits per heavy atom. The van der Waals surface area contributed by atoms with Crippen molar-refractivity contribution < 1.29 is 23.5 Å². The van der Waals surface area contributed by atoms with E-state index in [-0.39, 0.29) is 17.7 Å². The minimum absolute atomic E-state index is 0.0992. The van der Waals surface area contributed by atoms with Crippen molar-refractivity contribution in [3.05, 3.63) is 65.0 Å². The first-order valence-corrected chi connectivity index (χ1v) is 13.0. The Hall–Kier alpha value is -4.25. The lowest BCUT2D eigenvalue weighted by molar-refractivity contribution is -0.132.